The first-order chi connectivity index (χ1) is 7.34. The van der Waals surface area contributed by atoms with Gasteiger partial charge in [0.25, 0.3) is 0 Å². The van der Waals surface area contributed by atoms with Crippen LogP contribution in [0.2, 0.25) is 0 Å². The number of aromatic hydroxyl groups is 1. The second-order valence-electron chi connectivity index (χ2n) is 3.18. The van der Waals surface area contributed by atoms with Crippen LogP contribution in [0.4, 0.5) is 0 Å². The van der Waals surface area contributed by atoms with Crippen molar-refractivity contribution < 1.29 is 5.11 Å². The normalized spacial score (nSPS) is 10.4. The fourth-order valence-electron chi connectivity index (χ4n) is 1.30. The van der Waals surface area contributed by atoms with Crippen molar-refractivity contribution in [2.45, 2.75) is 11.3 Å². The minimum atomic E-state index is 0.344. The summed E-state index contributed by atoms with van der Waals surface area (Å²) in [5.41, 5.74) is 0. The summed E-state index contributed by atoms with van der Waals surface area (Å²) in [6.45, 7) is 0. The second kappa shape index (κ2) is 5.24. The van der Waals surface area contributed by atoms with Gasteiger partial charge in [0.2, 0.25) is 0 Å². The molecule has 0 amide bonds. The summed E-state index contributed by atoms with van der Waals surface area (Å²) in [5.74, 6) is 1.40. The first kappa shape index (κ1) is 10.6. The van der Waals surface area contributed by atoms with E-state index in [1.807, 2.05) is 12.1 Å². The Morgan fingerprint density at radius 3 is 2.87 bits per heavy atom. The maximum atomic E-state index is 9.29. The Labute approximate surface area is 97.8 Å². The number of rotatable bonds is 4. The van der Waals surface area contributed by atoms with Gasteiger partial charge < -0.3 is 5.11 Å². The highest BCUT2D eigenvalue weighted by Crippen LogP contribution is 2.23. The fraction of sp³-hybridized carbons (Fsp3) is 0.167. The maximum absolute atomic E-state index is 9.29. The van der Waals surface area contributed by atoms with Gasteiger partial charge in [0.1, 0.15) is 5.75 Å². The summed E-state index contributed by atoms with van der Waals surface area (Å²) in [4.78, 5) is 2.55. The third-order valence-corrected chi connectivity index (χ3v) is 3.95. The smallest absolute Gasteiger partial charge is 0.116 e. The zero-order valence-corrected chi connectivity index (χ0v) is 9.85. The summed E-state index contributed by atoms with van der Waals surface area (Å²) in [6.07, 6.45) is 1.10. The zero-order valence-electron chi connectivity index (χ0n) is 8.22. The average Bonchev–Trinajstić information content (AvgIpc) is 2.71. The van der Waals surface area contributed by atoms with Crippen molar-refractivity contribution in [3.05, 3.63) is 46.7 Å². The molecule has 0 aliphatic heterocycles. The van der Waals surface area contributed by atoms with Crippen LogP contribution in [-0.2, 0) is 6.42 Å². The van der Waals surface area contributed by atoms with E-state index in [-0.39, 0.29) is 0 Å². The minimum Gasteiger partial charge on any atom is -0.508 e. The molecule has 0 radical (unpaired) electrons. The highest BCUT2D eigenvalue weighted by atomic mass is 32.2. The summed E-state index contributed by atoms with van der Waals surface area (Å²) >= 11 is 3.58. The Hall–Kier alpha value is -0.930. The molecule has 0 fully saturated rings. The van der Waals surface area contributed by atoms with Crippen LogP contribution in [0.25, 0.3) is 0 Å². The van der Waals surface area contributed by atoms with E-state index in [0.717, 1.165) is 17.1 Å². The molecular weight excluding hydrogens is 224 g/mol. The van der Waals surface area contributed by atoms with E-state index in [1.165, 1.54) is 4.88 Å². The molecule has 3 heteroatoms. The lowest BCUT2D eigenvalue weighted by atomic mass is 10.3. The van der Waals surface area contributed by atoms with Gasteiger partial charge in [-0.25, -0.2) is 0 Å². The molecule has 78 valence electrons. The number of hydrogen-bond donors (Lipinski definition) is 1. The summed E-state index contributed by atoms with van der Waals surface area (Å²) in [7, 11) is 0. The number of benzene rings is 1. The van der Waals surface area contributed by atoms with Gasteiger partial charge in [0.05, 0.1) is 0 Å². The van der Waals surface area contributed by atoms with Crippen molar-refractivity contribution in [1.82, 2.24) is 0 Å². The van der Waals surface area contributed by atoms with Gasteiger partial charge in [0.15, 0.2) is 0 Å². The van der Waals surface area contributed by atoms with Crippen LogP contribution in [0.5, 0.6) is 5.75 Å². The van der Waals surface area contributed by atoms with Crippen LogP contribution < -0.4 is 0 Å². The van der Waals surface area contributed by atoms with Crippen LogP contribution in [0.1, 0.15) is 4.88 Å². The monoisotopic (exact) mass is 236 g/mol. The van der Waals surface area contributed by atoms with Crippen LogP contribution in [-0.4, -0.2) is 10.9 Å². The number of aryl methyl sites for hydroxylation is 1. The summed E-state index contributed by atoms with van der Waals surface area (Å²) in [5, 5.41) is 11.4. The SMILES string of the molecule is Oc1cccc(SCCc2cccs2)c1. The number of thiophene rings is 1. The second-order valence-corrected chi connectivity index (χ2v) is 5.38. The minimum absolute atomic E-state index is 0.344. The molecule has 2 aromatic rings. The molecule has 1 aromatic carbocycles. The molecule has 1 aromatic heterocycles. The highest BCUT2D eigenvalue weighted by molar-refractivity contribution is 7.99. The lowest BCUT2D eigenvalue weighted by Crippen LogP contribution is -1.83. The molecule has 15 heavy (non-hydrogen) atoms. The molecule has 0 saturated heterocycles. The van der Waals surface area contributed by atoms with Gasteiger partial charge in [-0.15, -0.1) is 23.1 Å². The van der Waals surface area contributed by atoms with E-state index < -0.39 is 0 Å². The van der Waals surface area contributed by atoms with E-state index in [4.69, 9.17) is 0 Å². The molecule has 1 heterocycles. The third-order valence-electron chi connectivity index (χ3n) is 2.01. The largest absolute Gasteiger partial charge is 0.508 e. The van der Waals surface area contributed by atoms with Crippen LogP contribution in [0.3, 0.4) is 0 Å². The van der Waals surface area contributed by atoms with Crippen molar-refractivity contribution >= 4 is 23.1 Å². The molecule has 0 bridgehead atoms. The first-order valence-electron chi connectivity index (χ1n) is 4.79. The van der Waals surface area contributed by atoms with E-state index in [2.05, 4.69) is 17.5 Å². The van der Waals surface area contributed by atoms with Crippen molar-refractivity contribution in [3.63, 3.8) is 0 Å². The number of phenols is 1. The molecule has 0 unspecified atom stereocenters. The van der Waals surface area contributed by atoms with Gasteiger partial charge >= 0.3 is 0 Å². The lowest BCUT2D eigenvalue weighted by molar-refractivity contribution is 0.474. The fourth-order valence-corrected chi connectivity index (χ4v) is 3.07. The quantitative estimate of drug-likeness (QED) is 0.815. The first-order valence-corrected chi connectivity index (χ1v) is 6.65. The zero-order chi connectivity index (χ0) is 10.5. The Kier molecular flexibility index (Phi) is 3.69. The highest BCUT2D eigenvalue weighted by Gasteiger charge is 1.97. The standard InChI is InChI=1S/C12H12OS2/c13-10-3-1-4-12(9-10)15-8-6-11-5-2-7-14-11/h1-5,7,9,13H,6,8H2. The Morgan fingerprint density at radius 2 is 2.13 bits per heavy atom. The van der Waals surface area contributed by atoms with Crippen molar-refractivity contribution in [3.8, 4) is 5.75 Å². The Balaban J connectivity index is 1.83. The van der Waals surface area contributed by atoms with Crippen molar-refractivity contribution in [1.29, 1.82) is 0 Å². The van der Waals surface area contributed by atoms with Gasteiger partial charge in [-0.1, -0.05) is 12.1 Å². The molecule has 2 rings (SSSR count). The molecule has 1 nitrogen and oxygen atoms in total. The molecule has 0 aliphatic rings. The lowest BCUT2D eigenvalue weighted by Gasteiger charge is -2.00. The molecular formula is C12H12OS2. The number of thioether (sulfide) groups is 1. The molecule has 0 saturated carbocycles. The van der Waals surface area contributed by atoms with Crippen molar-refractivity contribution in [2.75, 3.05) is 5.75 Å². The van der Waals surface area contributed by atoms with E-state index in [1.54, 1.807) is 35.2 Å². The molecule has 0 spiro atoms. The predicted octanol–water partition coefficient (Wildman–Crippen LogP) is 3.79. The summed E-state index contributed by atoms with van der Waals surface area (Å²) < 4.78 is 0. The molecule has 0 atom stereocenters. The topological polar surface area (TPSA) is 20.2 Å². The van der Waals surface area contributed by atoms with Crippen LogP contribution >= 0.6 is 23.1 Å². The van der Waals surface area contributed by atoms with E-state index >= 15 is 0 Å². The van der Waals surface area contributed by atoms with Crippen molar-refractivity contribution in [2.24, 2.45) is 0 Å². The Bertz CT molecular complexity index is 409. The molecule has 1 N–H and O–H groups in total. The predicted molar refractivity (Wildman–Crippen MR) is 66.9 cm³/mol. The van der Waals surface area contributed by atoms with Crippen LogP contribution in [0, 0.1) is 0 Å². The Morgan fingerprint density at radius 1 is 1.20 bits per heavy atom. The maximum Gasteiger partial charge on any atom is 0.116 e. The van der Waals surface area contributed by atoms with Gasteiger partial charge in [-0.3, -0.25) is 0 Å². The summed E-state index contributed by atoms with van der Waals surface area (Å²) in [6, 6.07) is 11.6. The number of phenolic OH excluding ortho intramolecular Hbond substituents is 1. The average molecular weight is 236 g/mol. The van der Waals surface area contributed by atoms with E-state index in [0.29, 0.717) is 5.75 Å². The van der Waals surface area contributed by atoms with Gasteiger partial charge in [0, 0.05) is 15.5 Å². The number of hydrogen-bond acceptors (Lipinski definition) is 3. The van der Waals surface area contributed by atoms with Crippen LogP contribution in [0.15, 0.2) is 46.7 Å². The van der Waals surface area contributed by atoms with Gasteiger partial charge in [-0.2, -0.15) is 0 Å². The molecule has 0 aliphatic carbocycles. The van der Waals surface area contributed by atoms with E-state index in [9.17, 15) is 5.11 Å². The third kappa shape index (κ3) is 3.29. The van der Waals surface area contributed by atoms with Gasteiger partial charge in [-0.05, 0) is 36.1 Å².